The van der Waals surface area contributed by atoms with E-state index < -0.39 is 51.5 Å². The van der Waals surface area contributed by atoms with Gasteiger partial charge in [-0.05, 0) is 31.5 Å². The number of benzene rings is 1. The van der Waals surface area contributed by atoms with Crippen LogP contribution in [0.5, 0.6) is 0 Å². The predicted octanol–water partition coefficient (Wildman–Crippen LogP) is 6.90. The van der Waals surface area contributed by atoms with E-state index >= 15 is 0 Å². The van der Waals surface area contributed by atoms with Crippen molar-refractivity contribution in [2.45, 2.75) is 49.6 Å². The second-order valence-electron chi connectivity index (χ2n) is 8.26. The second kappa shape index (κ2) is 6.61. The van der Waals surface area contributed by atoms with Crippen molar-refractivity contribution in [2.24, 2.45) is 0 Å². The van der Waals surface area contributed by atoms with Gasteiger partial charge in [-0.3, -0.25) is 4.79 Å². The lowest BCUT2D eigenvalue weighted by molar-refractivity contribution is -0.104. The molecular formula is C20H19F7N4OS. The summed E-state index contributed by atoms with van der Waals surface area (Å²) in [5.41, 5.74) is -0.383. The minimum absolute atomic E-state index is 0.0721. The molecule has 13 heteroatoms. The van der Waals surface area contributed by atoms with E-state index in [0.29, 0.717) is 12.1 Å². The van der Waals surface area contributed by atoms with Crippen LogP contribution in [0.25, 0.3) is 10.9 Å². The predicted molar refractivity (Wildman–Crippen MR) is 112 cm³/mol. The molecule has 1 atom stereocenters. The summed E-state index contributed by atoms with van der Waals surface area (Å²) in [6.07, 6.45) is 0.341. The number of fused-ring (bicyclic) bond motifs is 1. The third-order valence-corrected chi connectivity index (χ3v) is 6.63. The van der Waals surface area contributed by atoms with Crippen molar-refractivity contribution in [3.63, 3.8) is 0 Å². The van der Waals surface area contributed by atoms with Crippen LogP contribution >= 0.6 is 10.2 Å². The molecule has 0 amide bonds. The number of nitrogens with one attached hydrogen (secondary N) is 1. The molecule has 1 N–H and O–H groups in total. The maximum absolute atomic E-state index is 13.3. The molecule has 1 aromatic carbocycles. The summed E-state index contributed by atoms with van der Waals surface area (Å²) in [6.45, 7) is 2.98. The first-order valence-corrected chi connectivity index (χ1v) is 11.8. The van der Waals surface area contributed by atoms with Gasteiger partial charge in [0.25, 0.3) is 11.5 Å². The van der Waals surface area contributed by atoms with Crippen molar-refractivity contribution < 1.29 is 28.2 Å². The van der Waals surface area contributed by atoms with Gasteiger partial charge in [0, 0.05) is 31.1 Å². The van der Waals surface area contributed by atoms with E-state index in [1.54, 1.807) is 0 Å². The van der Waals surface area contributed by atoms with Gasteiger partial charge in [-0.25, -0.2) is 18.7 Å². The molecule has 33 heavy (non-hydrogen) atoms. The fourth-order valence-corrected chi connectivity index (χ4v) is 4.46. The lowest BCUT2D eigenvalue weighted by atomic mass is 9.88. The van der Waals surface area contributed by atoms with E-state index in [2.05, 4.69) is 15.3 Å². The quantitative estimate of drug-likeness (QED) is 0.391. The van der Waals surface area contributed by atoms with Crippen LogP contribution in [0.1, 0.15) is 43.2 Å². The first-order valence-electron chi connectivity index (χ1n) is 9.81. The largest absolute Gasteiger partial charge is 0.363 e. The Morgan fingerprint density at radius 1 is 1.12 bits per heavy atom. The Kier molecular flexibility index (Phi) is 4.67. The molecule has 0 aliphatic heterocycles. The van der Waals surface area contributed by atoms with Gasteiger partial charge in [0.2, 0.25) is 0 Å². The van der Waals surface area contributed by atoms with E-state index in [1.807, 2.05) is 0 Å². The van der Waals surface area contributed by atoms with Crippen LogP contribution in [0.15, 0.2) is 46.2 Å². The lowest BCUT2D eigenvalue weighted by Gasteiger charge is -2.40. The summed E-state index contributed by atoms with van der Waals surface area (Å²) in [5, 5.41) is 3.15. The van der Waals surface area contributed by atoms with Crippen molar-refractivity contribution in [3.05, 3.63) is 58.3 Å². The van der Waals surface area contributed by atoms with Gasteiger partial charge in [0.1, 0.15) is 16.5 Å². The van der Waals surface area contributed by atoms with Gasteiger partial charge in [0.05, 0.1) is 16.9 Å². The van der Waals surface area contributed by atoms with Crippen molar-refractivity contribution in [2.75, 3.05) is 5.32 Å². The second-order valence-corrected chi connectivity index (χ2v) is 10.7. The third kappa shape index (κ3) is 4.77. The maximum Gasteiger partial charge on any atom is 0.310 e. The van der Waals surface area contributed by atoms with E-state index in [4.69, 9.17) is 0 Å². The molecule has 2 heterocycles. The molecule has 5 nitrogen and oxygen atoms in total. The van der Waals surface area contributed by atoms with E-state index in [9.17, 15) is 33.0 Å². The highest BCUT2D eigenvalue weighted by Crippen LogP contribution is 3.02. The van der Waals surface area contributed by atoms with E-state index in [0.717, 1.165) is 10.6 Å². The van der Waals surface area contributed by atoms with E-state index in [1.165, 1.54) is 32.2 Å². The fraction of sp³-hybridized carbons (Fsp3) is 0.350. The molecule has 1 aliphatic rings. The summed E-state index contributed by atoms with van der Waals surface area (Å²) < 4.78 is 93.8. The number of aromatic nitrogens is 3. The zero-order valence-corrected chi connectivity index (χ0v) is 18.2. The SMILES string of the molecule is Cc1nc(N[C@H](C)c2cccc(S(F)(F)(F)(F)F)c2)c2cn(C3CC(F)(F)C3)c(=O)cc2n1. The summed E-state index contributed by atoms with van der Waals surface area (Å²) in [7, 11) is -9.86. The molecule has 0 spiro atoms. The van der Waals surface area contributed by atoms with Gasteiger partial charge < -0.3 is 9.88 Å². The number of hydrogen-bond donors (Lipinski definition) is 1. The highest BCUT2D eigenvalue weighted by atomic mass is 32.5. The number of anilines is 1. The number of halogens is 7. The van der Waals surface area contributed by atoms with Crippen LogP contribution in [-0.2, 0) is 0 Å². The molecule has 0 saturated heterocycles. The van der Waals surface area contributed by atoms with Gasteiger partial charge in [-0.2, -0.15) is 0 Å². The Morgan fingerprint density at radius 3 is 2.39 bits per heavy atom. The third-order valence-electron chi connectivity index (χ3n) is 5.49. The van der Waals surface area contributed by atoms with Crippen LogP contribution in [-0.4, -0.2) is 20.5 Å². The van der Waals surface area contributed by atoms with Crippen LogP contribution in [0.2, 0.25) is 0 Å². The standard InChI is InChI=1S/C20H19F7N4OS/c1-11(13-4-3-5-15(6-13)33(23,24,25,26)27)28-19-16-10-31(14-8-20(21,22)9-14)18(32)7-17(16)29-12(2)30-19/h3-7,10-11,14H,8-9H2,1-2H3,(H,28,29,30)/t11-/m1/s1. The molecule has 0 bridgehead atoms. The number of aryl methyl sites for hydroxylation is 1. The Balaban J connectivity index is 1.72. The van der Waals surface area contributed by atoms with Crippen LogP contribution in [0.3, 0.4) is 0 Å². The zero-order chi connectivity index (χ0) is 24.5. The Morgan fingerprint density at radius 2 is 1.79 bits per heavy atom. The summed E-state index contributed by atoms with van der Waals surface area (Å²) in [6, 6.07) is 2.40. The first kappa shape index (κ1) is 23.3. The van der Waals surface area contributed by atoms with Gasteiger partial charge in [0.15, 0.2) is 0 Å². The summed E-state index contributed by atoms with van der Waals surface area (Å²) >= 11 is 0. The Labute approximate surface area is 183 Å². The minimum atomic E-state index is -9.86. The fourth-order valence-electron chi connectivity index (χ4n) is 3.77. The van der Waals surface area contributed by atoms with Crippen molar-refractivity contribution >= 4 is 26.9 Å². The first-order chi connectivity index (χ1) is 14.9. The molecular weight excluding hydrogens is 477 g/mol. The van der Waals surface area contributed by atoms with Gasteiger partial charge in [-0.15, -0.1) is 0 Å². The van der Waals surface area contributed by atoms with Gasteiger partial charge in [-0.1, -0.05) is 31.6 Å². The maximum atomic E-state index is 13.3. The number of rotatable bonds is 5. The minimum Gasteiger partial charge on any atom is -0.363 e. The zero-order valence-electron chi connectivity index (χ0n) is 17.3. The van der Waals surface area contributed by atoms with Crippen LogP contribution in [0.4, 0.5) is 34.0 Å². The van der Waals surface area contributed by atoms with Gasteiger partial charge >= 0.3 is 10.2 Å². The molecule has 4 rings (SSSR count). The highest BCUT2D eigenvalue weighted by Gasteiger charge is 2.65. The Hall–Kier alpha value is -2.83. The molecule has 0 unspecified atom stereocenters. The number of alkyl halides is 2. The monoisotopic (exact) mass is 496 g/mol. The highest BCUT2D eigenvalue weighted by molar-refractivity contribution is 8.45. The molecule has 1 fully saturated rings. The van der Waals surface area contributed by atoms with E-state index in [-0.39, 0.29) is 28.1 Å². The van der Waals surface area contributed by atoms with Crippen LogP contribution < -0.4 is 10.9 Å². The van der Waals surface area contributed by atoms with Crippen LogP contribution in [0, 0.1) is 6.92 Å². The number of nitrogens with zero attached hydrogens (tertiary/aromatic N) is 3. The van der Waals surface area contributed by atoms with Crippen molar-refractivity contribution in [3.8, 4) is 0 Å². The summed E-state index contributed by atoms with van der Waals surface area (Å²) in [5.74, 6) is -2.49. The topological polar surface area (TPSA) is 59.8 Å². The molecule has 3 aromatic rings. The normalized spacial score (nSPS) is 19.4. The molecule has 180 valence electrons. The van der Waals surface area contributed by atoms with Crippen molar-refractivity contribution in [1.82, 2.24) is 14.5 Å². The number of hydrogen-bond acceptors (Lipinski definition) is 4. The average Bonchev–Trinajstić information content (AvgIpc) is 2.64. The summed E-state index contributed by atoms with van der Waals surface area (Å²) in [4.78, 5) is 18.8. The van der Waals surface area contributed by atoms with Crippen molar-refractivity contribution in [1.29, 1.82) is 0 Å². The Bertz CT molecular complexity index is 1320. The molecule has 1 saturated carbocycles. The molecule has 1 aliphatic carbocycles. The molecule has 2 aromatic heterocycles. The number of pyridine rings is 1. The lowest BCUT2D eigenvalue weighted by Crippen LogP contribution is -2.40. The smallest absolute Gasteiger partial charge is 0.310 e. The average molecular weight is 496 g/mol. The molecule has 0 radical (unpaired) electrons.